The molecule has 1 aliphatic rings. The maximum absolute atomic E-state index is 5.41. The van der Waals surface area contributed by atoms with Crippen LogP contribution in [0.5, 0.6) is 0 Å². The van der Waals surface area contributed by atoms with Gasteiger partial charge in [-0.1, -0.05) is 0 Å². The van der Waals surface area contributed by atoms with Gasteiger partial charge in [0.05, 0.1) is 24.9 Å². The number of H-pyrrole nitrogens is 1. The molecule has 0 aliphatic carbocycles. The van der Waals surface area contributed by atoms with Gasteiger partial charge in [-0.15, -0.1) is 0 Å². The van der Waals surface area contributed by atoms with Gasteiger partial charge in [0.25, 0.3) is 0 Å². The summed E-state index contributed by atoms with van der Waals surface area (Å²) in [5, 5.41) is 10.6. The summed E-state index contributed by atoms with van der Waals surface area (Å²) in [6, 6.07) is 0.312. The first-order valence-electron chi connectivity index (χ1n) is 4.61. The number of aryl methyl sites for hydroxylation is 2. The molecular weight excluding hydrogens is 166 g/mol. The van der Waals surface area contributed by atoms with E-state index in [9.17, 15) is 0 Å². The molecule has 2 rings (SSSR count). The molecule has 13 heavy (non-hydrogen) atoms. The van der Waals surface area contributed by atoms with Gasteiger partial charge < -0.3 is 10.1 Å². The van der Waals surface area contributed by atoms with E-state index in [-0.39, 0.29) is 0 Å². The van der Waals surface area contributed by atoms with Gasteiger partial charge >= 0.3 is 0 Å². The van der Waals surface area contributed by atoms with Crippen molar-refractivity contribution in [1.82, 2.24) is 15.5 Å². The number of ether oxygens (including phenoxy) is 1. The lowest BCUT2D eigenvalue weighted by atomic mass is 10.1. The van der Waals surface area contributed by atoms with Crippen LogP contribution < -0.4 is 5.32 Å². The lowest BCUT2D eigenvalue weighted by Crippen LogP contribution is -2.35. The Morgan fingerprint density at radius 1 is 1.46 bits per heavy atom. The van der Waals surface area contributed by atoms with Crippen LogP contribution in [-0.4, -0.2) is 30.0 Å². The quantitative estimate of drug-likeness (QED) is 0.670. The van der Waals surface area contributed by atoms with E-state index >= 15 is 0 Å². The fourth-order valence-corrected chi connectivity index (χ4v) is 1.82. The Balaban J connectivity index is 2.22. The molecule has 2 N–H and O–H groups in total. The summed E-state index contributed by atoms with van der Waals surface area (Å²) in [7, 11) is 0. The highest BCUT2D eigenvalue weighted by Gasteiger charge is 2.20. The molecule has 0 bridgehead atoms. The van der Waals surface area contributed by atoms with E-state index in [2.05, 4.69) is 15.5 Å². The van der Waals surface area contributed by atoms with Crippen LogP contribution in [0.2, 0.25) is 0 Å². The Hall–Kier alpha value is -0.870. The van der Waals surface area contributed by atoms with Gasteiger partial charge in [0, 0.05) is 17.8 Å². The fraction of sp³-hybridized carbons (Fsp3) is 0.667. The first kappa shape index (κ1) is 8.72. The SMILES string of the molecule is Cc1n[nH]c(C)c1[C@H]1COCCN1. The van der Waals surface area contributed by atoms with E-state index < -0.39 is 0 Å². The predicted molar refractivity (Wildman–Crippen MR) is 49.6 cm³/mol. The summed E-state index contributed by atoms with van der Waals surface area (Å²) in [4.78, 5) is 0. The number of aromatic nitrogens is 2. The number of rotatable bonds is 1. The van der Waals surface area contributed by atoms with Crippen molar-refractivity contribution in [3.63, 3.8) is 0 Å². The van der Waals surface area contributed by atoms with Crippen LogP contribution in [0.3, 0.4) is 0 Å². The van der Waals surface area contributed by atoms with E-state index in [1.165, 1.54) is 5.56 Å². The first-order valence-corrected chi connectivity index (χ1v) is 4.61. The number of hydrogen-bond acceptors (Lipinski definition) is 3. The summed E-state index contributed by atoms with van der Waals surface area (Å²) < 4.78 is 5.41. The standard InChI is InChI=1S/C9H15N3O/c1-6-9(7(2)12-11-6)8-5-13-4-3-10-8/h8,10H,3-5H2,1-2H3,(H,11,12)/t8-/m1/s1. The Morgan fingerprint density at radius 3 is 2.85 bits per heavy atom. The van der Waals surface area contributed by atoms with E-state index in [1.807, 2.05) is 13.8 Å². The Bertz CT molecular complexity index is 270. The second kappa shape index (κ2) is 3.47. The van der Waals surface area contributed by atoms with Crippen molar-refractivity contribution in [2.45, 2.75) is 19.9 Å². The Kier molecular flexibility index (Phi) is 2.33. The Labute approximate surface area is 77.7 Å². The van der Waals surface area contributed by atoms with Crippen molar-refractivity contribution in [2.24, 2.45) is 0 Å². The van der Waals surface area contributed by atoms with Crippen LogP contribution >= 0.6 is 0 Å². The third-order valence-corrected chi connectivity index (χ3v) is 2.46. The van der Waals surface area contributed by atoms with Gasteiger partial charge in [-0.05, 0) is 13.8 Å². The number of hydrogen-bond donors (Lipinski definition) is 2. The predicted octanol–water partition coefficient (Wildman–Crippen LogP) is 0.687. The Morgan fingerprint density at radius 2 is 2.31 bits per heavy atom. The van der Waals surface area contributed by atoms with E-state index in [0.29, 0.717) is 6.04 Å². The summed E-state index contributed by atoms with van der Waals surface area (Å²) in [6.07, 6.45) is 0. The maximum atomic E-state index is 5.41. The van der Waals surface area contributed by atoms with Crippen molar-refractivity contribution < 1.29 is 4.74 Å². The average molecular weight is 181 g/mol. The van der Waals surface area contributed by atoms with Gasteiger partial charge in [0.2, 0.25) is 0 Å². The van der Waals surface area contributed by atoms with Crippen LogP contribution in [0.15, 0.2) is 0 Å². The molecule has 0 aromatic carbocycles. The van der Waals surface area contributed by atoms with Gasteiger partial charge in [-0.2, -0.15) is 5.10 Å². The average Bonchev–Trinajstić information content (AvgIpc) is 2.48. The number of nitrogens with one attached hydrogen (secondary N) is 2. The molecule has 4 nitrogen and oxygen atoms in total. The normalized spacial score (nSPS) is 23.4. The van der Waals surface area contributed by atoms with Gasteiger partial charge in [-0.25, -0.2) is 0 Å². The smallest absolute Gasteiger partial charge is 0.0663 e. The minimum atomic E-state index is 0.312. The summed E-state index contributed by atoms with van der Waals surface area (Å²) in [5.74, 6) is 0. The lowest BCUT2D eigenvalue weighted by molar-refractivity contribution is 0.0765. The molecule has 0 radical (unpaired) electrons. The highest BCUT2D eigenvalue weighted by atomic mass is 16.5. The lowest BCUT2D eigenvalue weighted by Gasteiger charge is -2.24. The number of morpholine rings is 1. The van der Waals surface area contributed by atoms with E-state index in [1.54, 1.807) is 0 Å². The summed E-state index contributed by atoms with van der Waals surface area (Å²) in [5.41, 5.74) is 3.47. The monoisotopic (exact) mass is 181 g/mol. The van der Waals surface area contributed by atoms with Crippen molar-refractivity contribution in [2.75, 3.05) is 19.8 Å². The molecule has 1 aliphatic heterocycles. The molecule has 1 fully saturated rings. The zero-order chi connectivity index (χ0) is 9.26. The summed E-state index contributed by atoms with van der Waals surface area (Å²) in [6.45, 7) is 6.56. The topological polar surface area (TPSA) is 49.9 Å². The van der Waals surface area contributed by atoms with Crippen LogP contribution in [0.4, 0.5) is 0 Å². The van der Waals surface area contributed by atoms with Crippen molar-refractivity contribution in [3.05, 3.63) is 17.0 Å². The van der Waals surface area contributed by atoms with Crippen LogP contribution in [0.25, 0.3) is 0 Å². The van der Waals surface area contributed by atoms with Crippen LogP contribution in [0, 0.1) is 13.8 Å². The fourth-order valence-electron chi connectivity index (χ4n) is 1.82. The maximum Gasteiger partial charge on any atom is 0.0663 e. The summed E-state index contributed by atoms with van der Waals surface area (Å²) >= 11 is 0. The molecule has 4 heteroatoms. The molecule has 2 heterocycles. The third kappa shape index (κ3) is 1.59. The molecule has 1 saturated heterocycles. The molecule has 1 aromatic rings. The van der Waals surface area contributed by atoms with E-state index in [0.717, 1.165) is 31.1 Å². The highest BCUT2D eigenvalue weighted by molar-refractivity contribution is 5.27. The second-order valence-corrected chi connectivity index (χ2v) is 3.43. The molecule has 0 saturated carbocycles. The molecular formula is C9H15N3O. The van der Waals surface area contributed by atoms with Gasteiger partial charge in [0.15, 0.2) is 0 Å². The van der Waals surface area contributed by atoms with Gasteiger partial charge in [0.1, 0.15) is 0 Å². The van der Waals surface area contributed by atoms with E-state index in [4.69, 9.17) is 4.74 Å². The minimum absolute atomic E-state index is 0.312. The van der Waals surface area contributed by atoms with Crippen LogP contribution in [0.1, 0.15) is 23.0 Å². The zero-order valence-electron chi connectivity index (χ0n) is 8.05. The zero-order valence-corrected chi connectivity index (χ0v) is 8.05. The van der Waals surface area contributed by atoms with Gasteiger partial charge in [-0.3, -0.25) is 5.10 Å². The highest BCUT2D eigenvalue weighted by Crippen LogP contribution is 2.20. The number of nitrogens with zero attached hydrogens (tertiary/aromatic N) is 1. The largest absolute Gasteiger partial charge is 0.378 e. The number of aromatic amines is 1. The second-order valence-electron chi connectivity index (χ2n) is 3.43. The third-order valence-electron chi connectivity index (χ3n) is 2.46. The molecule has 72 valence electrons. The molecule has 1 aromatic heterocycles. The molecule has 1 atom stereocenters. The minimum Gasteiger partial charge on any atom is -0.378 e. The van der Waals surface area contributed by atoms with Crippen molar-refractivity contribution in [1.29, 1.82) is 0 Å². The molecule has 0 spiro atoms. The first-order chi connectivity index (χ1) is 6.29. The molecule has 0 amide bonds. The van der Waals surface area contributed by atoms with Crippen molar-refractivity contribution in [3.8, 4) is 0 Å². The molecule has 0 unspecified atom stereocenters. The van der Waals surface area contributed by atoms with Crippen molar-refractivity contribution >= 4 is 0 Å². The van der Waals surface area contributed by atoms with Crippen LogP contribution in [-0.2, 0) is 4.74 Å².